The maximum absolute atomic E-state index is 4.47. The van der Waals surface area contributed by atoms with Crippen molar-refractivity contribution < 1.29 is 0 Å². The van der Waals surface area contributed by atoms with E-state index in [1.807, 2.05) is 0 Å². The van der Waals surface area contributed by atoms with Crippen molar-refractivity contribution in [2.24, 2.45) is 0 Å². The van der Waals surface area contributed by atoms with Crippen LogP contribution in [0.2, 0.25) is 0 Å². The Labute approximate surface area is 296 Å². The number of hydrogen-bond donors (Lipinski definition) is 0. The number of benzene rings is 6. The van der Waals surface area contributed by atoms with Crippen LogP contribution in [0.4, 0.5) is 0 Å². The molecular weight excluding hydrogens is 603 g/mol. The van der Waals surface area contributed by atoms with Gasteiger partial charge in [0.1, 0.15) is 0 Å². The zero-order chi connectivity index (χ0) is 34.5. The van der Waals surface area contributed by atoms with E-state index in [1.165, 1.54) is 99.7 Å². The summed E-state index contributed by atoms with van der Waals surface area (Å²) in [5.41, 5.74) is 20.4. The highest BCUT2D eigenvalue weighted by molar-refractivity contribution is 6.10. The Morgan fingerprint density at radius 1 is 0.540 bits per heavy atom. The lowest BCUT2D eigenvalue weighted by atomic mass is 9.82. The molecule has 0 aliphatic heterocycles. The lowest BCUT2D eigenvalue weighted by Gasteiger charge is -2.28. The molecule has 7 aromatic rings. The predicted octanol–water partition coefficient (Wildman–Crippen LogP) is 13.5. The molecule has 1 aliphatic carbocycles. The first-order valence-electron chi connectivity index (χ1n) is 17.7. The molecule has 6 aromatic carbocycles. The Balaban J connectivity index is 1.35. The van der Waals surface area contributed by atoms with Crippen LogP contribution in [0.5, 0.6) is 0 Å². The zero-order valence-corrected chi connectivity index (χ0v) is 29.7. The standard InChI is InChI=1S/C49H43N/c1-7-37-42(49-34(5)18-14-22-40(49)36-27-26-33(4)43(29-36)38-19-10-8-16-31(38)2)23-15-25-46(37)50-47-24-13-12-21-41(47)45-28-35(6)44(30-48(45)50)39-20-11-9-17-32(39)3/h7-24,26-30,46H,1,25H2,2-6H3. The number of nitrogens with zero attached hydrogens (tertiary/aromatic N) is 1. The predicted molar refractivity (Wildman–Crippen MR) is 216 cm³/mol. The maximum atomic E-state index is 4.47. The first-order chi connectivity index (χ1) is 24.4. The highest BCUT2D eigenvalue weighted by atomic mass is 15.0. The van der Waals surface area contributed by atoms with Crippen LogP contribution in [-0.2, 0) is 0 Å². The van der Waals surface area contributed by atoms with E-state index >= 15 is 0 Å². The summed E-state index contributed by atoms with van der Waals surface area (Å²) in [5.74, 6) is 0. The van der Waals surface area contributed by atoms with Gasteiger partial charge in [-0.15, -0.1) is 0 Å². The second-order valence-corrected chi connectivity index (χ2v) is 14.0. The third-order valence-corrected chi connectivity index (χ3v) is 10.9. The average molecular weight is 646 g/mol. The number of aryl methyl sites for hydroxylation is 5. The number of aromatic nitrogens is 1. The summed E-state index contributed by atoms with van der Waals surface area (Å²) in [6.45, 7) is 15.6. The molecule has 1 aromatic heterocycles. The minimum Gasteiger partial charge on any atom is -0.332 e. The molecular formula is C49H43N. The van der Waals surface area contributed by atoms with E-state index in [1.54, 1.807) is 0 Å². The average Bonchev–Trinajstić information content (AvgIpc) is 3.44. The number of fused-ring (bicyclic) bond motifs is 3. The van der Waals surface area contributed by atoms with Gasteiger partial charge in [-0.25, -0.2) is 0 Å². The molecule has 0 saturated carbocycles. The van der Waals surface area contributed by atoms with Crippen molar-refractivity contribution in [3.05, 3.63) is 185 Å². The summed E-state index contributed by atoms with van der Waals surface area (Å²) in [6, 6.07) is 45.0. The van der Waals surface area contributed by atoms with Crippen LogP contribution in [0.1, 0.15) is 45.8 Å². The Morgan fingerprint density at radius 2 is 1.16 bits per heavy atom. The van der Waals surface area contributed by atoms with Crippen molar-refractivity contribution in [2.75, 3.05) is 0 Å². The fourth-order valence-electron chi connectivity index (χ4n) is 8.31. The number of para-hydroxylation sites is 1. The van der Waals surface area contributed by atoms with Gasteiger partial charge in [0.15, 0.2) is 0 Å². The monoisotopic (exact) mass is 645 g/mol. The van der Waals surface area contributed by atoms with E-state index in [2.05, 4.69) is 185 Å². The Morgan fingerprint density at radius 3 is 1.88 bits per heavy atom. The summed E-state index contributed by atoms with van der Waals surface area (Å²) < 4.78 is 2.59. The van der Waals surface area contributed by atoms with Crippen LogP contribution < -0.4 is 0 Å². The Bertz CT molecular complexity index is 2530. The van der Waals surface area contributed by atoms with Crippen molar-refractivity contribution in [2.45, 2.75) is 47.1 Å². The van der Waals surface area contributed by atoms with Gasteiger partial charge >= 0.3 is 0 Å². The van der Waals surface area contributed by atoms with E-state index in [9.17, 15) is 0 Å². The summed E-state index contributed by atoms with van der Waals surface area (Å²) in [5, 5.41) is 2.59. The summed E-state index contributed by atoms with van der Waals surface area (Å²) in [4.78, 5) is 0. The molecule has 1 heteroatoms. The molecule has 1 heterocycles. The molecule has 50 heavy (non-hydrogen) atoms. The molecule has 1 unspecified atom stereocenters. The van der Waals surface area contributed by atoms with E-state index in [0.717, 1.165) is 6.42 Å². The van der Waals surface area contributed by atoms with Crippen LogP contribution in [-0.4, -0.2) is 4.57 Å². The van der Waals surface area contributed by atoms with E-state index in [0.29, 0.717) is 0 Å². The van der Waals surface area contributed by atoms with Crippen molar-refractivity contribution in [1.29, 1.82) is 0 Å². The number of hydrogen-bond acceptors (Lipinski definition) is 0. The number of allylic oxidation sites excluding steroid dienone is 5. The van der Waals surface area contributed by atoms with Crippen LogP contribution in [0.25, 0.3) is 60.8 Å². The summed E-state index contributed by atoms with van der Waals surface area (Å²) >= 11 is 0. The van der Waals surface area contributed by atoms with Crippen molar-refractivity contribution in [1.82, 2.24) is 4.57 Å². The minimum atomic E-state index is 0.0929. The van der Waals surface area contributed by atoms with Gasteiger partial charge in [0.05, 0.1) is 11.6 Å². The van der Waals surface area contributed by atoms with E-state index in [-0.39, 0.29) is 6.04 Å². The van der Waals surface area contributed by atoms with Gasteiger partial charge in [-0.05, 0) is 143 Å². The minimum absolute atomic E-state index is 0.0929. The van der Waals surface area contributed by atoms with Crippen LogP contribution in [0.3, 0.4) is 0 Å². The lowest BCUT2D eigenvalue weighted by Crippen LogP contribution is -2.14. The first-order valence-corrected chi connectivity index (χ1v) is 17.7. The molecule has 0 fully saturated rings. The fourth-order valence-corrected chi connectivity index (χ4v) is 8.31. The van der Waals surface area contributed by atoms with Crippen molar-refractivity contribution >= 4 is 27.4 Å². The van der Waals surface area contributed by atoms with Crippen molar-refractivity contribution in [3.63, 3.8) is 0 Å². The maximum Gasteiger partial charge on any atom is 0.0632 e. The SMILES string of the molecule is C=CC1=C(c2c(C)cccc2-c2ccc(C)c(-c3ccccc3C)c2)C=CCC1n1c2ccccc2c2cc(C)c(-c3ccccc3C)cc21. The van der Waals surface area contributed by atoms with Crippen molar-refractivity contribution in [3.8, 4) is 33.4 Å². The third-order valence-electron chi connectivity index (χ3n) is 10.9. The molecule has 0 N–H and O–H groups in total. The molecule has 1 atom stereocenters. The largest absolute Gasteiger partial charge is 0.332 e. The molecule has 0 spiro atoms. The zero-order valence-electron chi connectivity index (χ0n) is 29.7. The van der Waals surface area contributed by atoms with Gasteiger partial charge in [-0.3, -0.25) is 0 Å². The Hall–Kier alpha value is -5.66. The highest BCUT2D eigenvalue weighted by Crippen LogP contribution is 2.45. The van der Waals surface area contributed by atoms with Gasteiger partial charge in [-0.2, -0.15) is 0 Å². The molecule has 0 saturated heterocycles. The molecule has 1 aliphatic rings. The van der Waals surface area contributed by atoms with Crippen LogP contribution in [0.15, 0.2) is 152 Å². The summed E-state index contributed by atoms with van der Waals surface area (Å²) in [7, 11) is 0. The Kier molecular flexibility index (Phi) is 8.00. The van der Waals surface area contributed by atoms with E-state index < -0.39 is 0 Å². The van der Waals surface area contributed by atoms with Crippen LogP contribution >= 0.6 is 0 Å². The number of rotatable bonds is 6. The van der Waals surface area contributed by atoms with Gasteiger partial charge in [-0.1, -0.05) is 122 Å². The molecule has 244 valence electrons. The fraction of sp³-hybridized carbons (Fsp3) is 0.143. The molecule has 8 rings (SSSR count). The topological polar surface area (TPSA) is 4.93 Å². The molecule has 0 bridgehead atoms. The van der Waals surface area contributed by atoms with Gasteiger partial charge in [0.25, 0.3) is 0 Å². The smallest absolute Gasteiger partial charge is 0.0632 e. The summed E-state index contributed by atoms with van der Waals surface area (Å²) in [6.07, 6.45) is 7.72. The highest BCUT2D eigenvalue weighted by Gasteiger charge is 2.27. The van der Waals surface area contributed by atoms with E-state index in [4.69, 9.17) is 0 Å². The second-order valence-electron chi connectivity index (χ2n) is 14.0. The first kappa shape index (κ1) is 31.6. The quantitative estimate of drug-likeness (QED) is 0.170. The lowest BCUT2D eigenvalue weighted by molar-refractivity contribution is 0.627. The second kappa shape index (κ2) is 12.7. The molecule has 0 amide bonds. The van der Waals surface area contributed by atoms with Gasteiger partial charge in [0, 0.05) is 16.3 Å². The van der Waals surface area contributed by atoms with Crippen LogP contribution in [0, 0.1) is 34.6 Å². The normalized spacial score (nSPS) is 14.5. The molecule has 0 radical (unpaired) electrons. The molecule has 1 nitrogen and oxygen atoms in total. The van der Waals surface area contributed by atoms with Gasteiger partial charge in [0.2, 0.25) is 0 Å². The third kappa shape index (κ3) is 5.17. The van der Waals surface area contributed by atoms with Gasteiger partial charge < -0.3 is 4.57 Å².